The minimum absolute atomic E-state index is 0.00394. The number of ether oxygens (including phenoxy) is 1. The van der Waals surface area contributed by atoms with E-state index < -0.39 is 10.0 Å². The first kappa shape index (κ1) is 13.6. The number of pyridine rings is 1. The van der Waals surface area contributed by atoms with Gasteiger partial charge in [-0.05, 0) is 18.9 Å². The Balaban J connectivity index is 1.91. The van der Waals surface area contributed by atoms with Gasteiger partial charge in [0.1, 0.15) is 10.0 Å². The summed E-state index contributed by atoms with van der Waals surface area (Å²) in [6, 6.07) is 1.34. The number of nitrogens with zero attached hydrogens (tertiary/aromatic N) is 2. The lowest BCUT2D eigenvalue weighted by Gasteiger charge is -2.31. The molecule has 1 aromatic rings. The zero-order chi connectivity index (χ0) is 13.6. The highest BCUT2D eigenvalue weighted by Gasteiger charge is 2.39. The highest BCUT2D eigenvalue weighted by molar-refractivity contribution is 7.89. The molecule has 2 fully saturated rings. The SMILES string of the molecule is O=S(=O)(c1cnc(Cl)c(Cl)c1)N1CC2CCC(C1)O2. The number of halogens is 2. The summed E-state index contributed by atoms with van der Waals surface area (Å²) < 4.78 is 32.1. The van der Waals surface area contributed by atoms with Crippen LogP contribution in [0.2, 0.25) is 10.2 Å². The van der Waals surface area contributed by atoms with Gasteiger partial charge in [0.05, 0.1) is 17.2 Å². The van der Waals surface area contributed by atoms with Crippen molar-refractivity contribution in [3.05, 3.63) is 22.4 Å². The highest BCUT2D eigenvalue weighted by atomic mass is 35.5. The molecule has 2 aliphatic rings. The Morgan fingerprint density at radius 3 is 2.47 bits per heavy atom. The first-order valence-corrected chi connectivity index (χ1v) is 8.13. The van der Waals surface area contributed by atoms with Crippen LogP contribution >= 0.6 is 23.2 Å². The summed E-state index contributed by atoms with van der Waals surface area (Å²) in [6.45, 7) is 0.776. The molecular weight excluding hydrogens is 311 g/mol. The van der Waals surface area contributed by atoms with Gasteiger partial charge in [-0.15, -0.1) is 0 Å². The van der Waals surface area contributed by atoms with Crippen LogP contribution in [0.5, 0.6) is 0 Å². The van der Waals surface area contributed by atoms with Crippen molar-refractivity contribution in [2.45, 2.75) is 29.9 Å². The van der Waals surface area contributed by atoms with Gasteiger partial charge >= 0.3 is 0 Å². The van der Waals surface area contributed by atoms with Crippen LogP contribution in [0.15, 0.2) is 17.2 Å². The molecule has 0 N–H and O–H groups in total. The number of aromatic nitrogens is 1. The van der Waals surface area contributed by atoms with E-state index in [4.69, 9.17) is 27.9 Å². The molecule has 2 bridgehead atoms. The van der Waals surface area contributed by atoms with E-state index in [0.29, 0.717) is 13.1 Å². The average Bonchev–Trinajstić information content (AvgIpc) is 2.71. The van der Waals surface area contributed by atoms with E-state index in [-0.39, 0.29) is 27.3 Å². The number of rotatable bonds is 2. The van der Waals surface area contributed by atoms with Gasteiger partial charge in [0.25, 0.3) is 0 Å². The van der Waals surface area contributed by atoms with Crippen molar-refractivity contribution in [2.24, 2.45) is 0 Å². The second kappa shape index (κ2) is 4.86. The molecule has 5 nitrogen and oxygen atoms in total. The Morgan fingerprint density at radius 2 is 1.89 bits per heavy atom. The van der Waals surface area contributed by atoms with Crippen molar-refractivity contribution in [1.82, 2.24) is 9.29 Å². The summed E-state index contributed by atoms with van der Waals surface area (Å²) in [5.74, 6) is 0. The van der Waals surface area contributed by atoms with E-state index in [9.17, 15) is 8.42 Å². The first-order chi connectivity index (χ1) is 8.96. The predicted molar refractivity (Wildman–Crippen MR) is 70.9 cm³/mol. The van der Waals surface area contributed by atoms with Crippen molar-refractivity contribution in [1.29, 1.82) is 0 Å². The van der Waals surface area contributed by atoms with Crippen molar-refractivity contribution < 1.29 is 13.2 Å². The quantitative estimate of drug-likeness (QED) is 0.781. The minimum atomic E-state index is -3.58. The Labute approximate surface area is 121 Å². The molecule has 0 aliphatic carbocycles. The predicted octanol–water partition coefficient (Wildman–Crippen LogP) is 1.94. The molecule has 0 radical (unpaired) electrons. The third-order valence-corrected chi connectivity index (χ3v) is 5.90. The summed E-state index contributed by atoms with van der Waals surface area (Å²) in [5.41, 5.74) is 0. The van der Waals surface area contributed by atoms with E-state index in [1.807, 2.05) is 0 Å². The van der Waals surface area contributed by atoms with E-state index in [1.54, 1.807) is 0 Å². The van der Waals surface area contributed by atoms with Crippen LogP contribution in [0.1, 0.15) is 12.8 Å². The van der Waals surface area contributed by atoms with Crippen LogP contribution in [-0.4, -0.2) is 43.0 Å². The van der Waals surface area contributed by atoms with Gasteiger partial charge in [0.15, 0.2) is 0 Å². The van der Waals surface area contributed by atoms with Gasteiger partial charge in [0, 0.05) is 19.3 Å². The third-order valence-electron chi connectivity index (χ3n) is 3.42. The van der Waals surface area contributed by atoms with Crippen LogP contribution in [0.4, 0.5) is 0 Å². The number of hydrogen-bond donors (Lipinski definition) is 0. The molecule has 1 aromatic heterocycles. The molecule has 2 atom stereocenters. The van der Waals surface area contributed by atoms with E-state index in [1.165, 1.54) is 16.6 Å². The fourth-order valence-electron chi connectivity index (χ4n) is 2.47. The average molecular weight is 323 g/mol. The number of fused-ring (bicyclic) bond motifs is 2. The minimum Gasteiger partial charge on any atom is -0.372 e. The fourth-order valence-corrected chi connectivity index (χ4v) is 4.28. The largest absolute Gasteiger partial charge is 0.372 e. The zero-order valence-corrected chi connectivity index (χ0v) is 12.2. The van der Waals surface area contributed by atoms with Gasteiger partial charge in [-0.3, -0.25) is 0 Å². The summed E-state index contributed by atoms with van der Waals surface area (Å²) in [7, 11) is -3.58. The van der Waals surface area contributed by atoms with Gasteiger partial charge < -0.3 is 4.74 Å². The molecule has 104 valence electrons. The van der Waals surface area contributed by atoms with Crippen LogP contribution in [0, 0.1) is 0 Å². The molecule has 2 aliphatic heterocycles. The van der Waals surface area contributed by atoms with E-state index in [2.05, 4.69) is 4.98 Å². The number of hydrogen-bond acceptors (Lipinski definition) is 4. The van der Waals surface area contributed by atoms with Crippen molar-refractivity contribution in [3.8, 4) is 0 Å². The lowest BCUT2D eigenvalue weighted by molar-refractivity contribution is -0.0114. The monoisotopic (exact) mass is 322 g/mol. The molecule has 0 saturated carbocycles. The van der Waals surface area contributed by atoms with Crippen LogP contribution in [0.3, 0.4) is 0 Å². The molecular formula is C11H12Cl2N2O3S. The second-order valence-electron chi connectivity index (χ2n) is 4.72. The normalized spacial score (nSPS) is 27.7. The molecule has 2 unspecified atom stereocenters. The Bertz CT molecular complexity index is 596. The van der Waals surface area contributed by atoms with Gasteiger partial charge in [-0.25, -0.2) is 13.4 Å². The molecule has 0 spiro atoms. The molecule has 0 aromatic carbocycles. The van der Waals surface area contributed by atoms with E-state index >= 15 is 0 Å². The standard InChI is InChI=1S/C11H12Cl2N2O3S/c12-10-3-9(4-14-11(10)13)19(16,17)15-5-7-1-2-8(6-15)18-7/h3-4,7-8H,1-2,5-6H2. The maximum Gasteiger partial charge on any atom is 0.244 e. The lowest BCUT2D eigenvalue weighted by atomic mass is 10.2. The maximum atomic E-state index is 12.5. The van der Waals surface area contributed by atoms with Crippen molar-refractivity contribution >= 4 is 33.2 Å². The molecule has 2 saturated heterocycles. The smallest absolute Gasteiger partial charge is 0.244 e. The summed E-state index contributed by atoms with van der Waals surface area (Å²) >= 11 is 11.5. The summed E-state index contributed by atoms with van der Waals surface area (Å²) in [6.07, 6.45) is 3.07. The van der Waals surface area contributed by atoms with Crippen LogP contribution in [-0.2, 0) is 14.8 Å². The van der Waals surface area contributed by atoms with Crippen LogP contribution in [0.25, 0.3) is 0 Å². The van der Waals surface area contributed by atoms with E-state index in [0.717, 1.165) is 12.8 Å². The Morgan fingerprint density at radius 1 is 1.26 bits per heavy atom. The van der Waals surface area contributed by atoms with Gasteiger partial charge in [0.2, 0.25) is 10.0 Å². The first-order valence-electron chi connectivity index (χ1n) is 5.93. The molecule has 8 heteroatoms. The highest BCUT2D eigenvalue weighted by Crippen LogP contribution is 2.31. The Kier molecular flexibility index (Phi) is 3.47. The number of sulfonamides is 1. The molecule has 3 rings (SSSR count). The second-order valence-corrected chi connectivity index (χ2v) is 7.43. The number of morpholine rings is 1. The zero-order valence-electron chi connectivity index (χ0n) is 9.92. The topological polar surface area (TPSA) is 59.5 Å². The third kappa shape index (κ3) is 2.48. The fraction of sp³-hybridized carbons (Fsp3) is 0.545. The van der Waals surface area contributed by atoms with Crippen molar-refractivity contribution in [2.75, 3.05) is 13.1 Å². The summed E-state index contributed by atoms with van der Waals surface area (Å²) in [4.78, 5) is 3.86. The Hall–Kier alpha value is -0.400. The van der Waals surface area contributed by atoms with Gasteiger partial charge in [-0.2, -0.15) is 4.31 Å². The molecule has 3 heterocycles. The molecule has 19 heavy (non-hydrogen) atoms. The maximum absolute atomic E-state index is 12.5. The van der Waals surface area contributed by atoms with Crippen molar-refractivity contribution in [3.63, 3.8) is 0 Å². The lowest BCUT2D eigenvalue weighted by Crippen LogP contribution is -2.45. The molecule has 0 amide bonds. The summed E-state index contributed by atoms with van der Waals surface area (Å²) in [5, 5.41) is 0.238. The van der Waals surface area contributed by atoms with Crippen LogP contribution < -0.4 is 0 Å². The van der Waals surface area contributed by atoms with Gasteiger partial charge in [-0.1, -0.05) is 23.2 Å².